The van der Waals surface area contributed by atoms with E-state index in [1.54, 1.807) is 0 Å². The molecule has 0 spiro atoms. The highest BCUT2D eigenvalue weighted by Crippen LogP contribution is 2.20. The highest BCUT2D eigenvalue weighted by molar-refractivity contribution is 6.33. The minimum atomic E-state index is 0.737. The number of benzene rings is 1. The van der Waals surface area contributed by atoms with E-state index in [0.29, 0.717) is 0 Å². The van der Waals surface area contributed by atoms with Crippen molar-refractivity contribution >= 4 is 17.3 Å². The molecule has 2 nitrogen and oxygen atoms in total. The third-order valence-electron chi connectivity index (χ3n) is 2.52. The average Bonchev–Trinajstić information content (AvgIpc) is 2.29. The van der Waals surface area contributed by atoms with Crippen LogP contribution in [0.1, 0.15) is 25.7 Å². The third-order valence-corrected chi connectivity index (χ3v) is 2.85. The Morgan fingerprint density at radius 1 is 1.07 bits per heavy atom. The summed E-state index contributed by atoms with van der Waals surface area (Å²) in [6, 6.07) is 7.72. The molecule has 0 saturated heterocycles. The molecule has 2 rings (SSSR count). The number of hydrogen-bond acceptors (Lipinski definition) is 2. The van der Waals surface area contributed by atoms with Crippen molar-refractivity contribution in [1.82, 2.24) is 5.43 Å². The van der Waals surface area contributed by atoms with Gasteiger partial charge in [0, 0.05) is 5.70 Å². The Hall–Kier alpha value is -1.15. The molecule has 0 bridgehead atoms. The van der Waals surface area contributed by atoms with Crippen LogP contribution in [-0.2, 0) is 0 Å². The molecule has 0 aromatic heterocycles. The lowest BCUT2D eigenvalue weighted by Gasteiger charge is -2.17. The standard InChI is InChI=1S/C12H15ClN2/c13-11-8-4-5-9-12(11)15-14-10-6-2-1-3-7-10/h4-6,8-9,14-15H,1-3,7H2. The Kier molecular flexibility index (Phi) is 3.51. The van der Waals surface area contributed by atoms with E-state index in [2.05, 4.69) is 16.9 Å². The van der Waals surface area contributed by atoms with Gasteiger partial charge in [0.2, 0.25) is 0 Å². The highest BCUT2D eigenvalue weighted by atomic mass is 35.5. The first kappa shape index (κ1) is 10.4. The van der Waals surface area contributed by atoms with E-state index in [4.69, 9.17) is 11.6 Å². The van der Waals surface area contributed by atoms with E-state index < -0.39 is 0 Å². The van der Waals surface area contributed by atoms with Crippen LogP contribution in [0.15, 0.2) is 36.0 Å². The molecule has 1 aliphatic carbocycles. The second-order valence-electron chi connectivity index (χ2n) is 3.70. The van der Waals surface area contributed by atoms with Gasteiger partial charge in [-0.2, -0.15) is 0 Å². The van der Waals surface area contributed by atoms with Crippen LogP contribution in [0.25, 0.3) is 0 Å². The maximum absolute atomic E-state index is 6.02. The number of para-hydroxylation sites is 1. The molecule has 15 heavy (non-hydrogen) atoms. The van der Waals surface area contributed by atoms with Crippen molar-refractivity contribution in [3.63, 3.8) is 0 Å². The predicted octanol–water partition coefficient (Wildman–Crippen LogP) is 3.71. The zero-order valence-corrected chi connectivity index (χ0v) is 9.35. The fourth-order valence-corrected chi connectivity index (χ4v) is 1.84. The molecule has 0 unspecified atom stereocenters. The molecule has 0 fully saturated rings. The molecule has 0 radical (unpaired) electrons. The Morgan fingerprint density at radius 2 is 1.93 bits per heavy atom. The van der Waals surface area contributed by atoms with Gasteiger partial charge in [0.25, 0.3) is 0 Å². The van der Waals surface area contributed by atoms with Crippen molar-refractivity contribution in [2.75, 3.05) is 5.43 Å². The number of anilines is 1. The molecule has 0 heterocycles. The Bertz CT molecular complexity index is 360. The minimum Gasteiger partial charge on any atom is -0.305 e. The van der Waals surface area contributed by atoms with Crippen LogP contribution < -0.4 is 10.9 Å². The van der Waals surface area contributed by atoms with Crippen LogP contribution in [0, 0.1) is 0 Å². The lowest BCUT2D eigenvalue weighted by molar-refractivity contribution is 0.664. The summed E-state index contributed by atoms with van der Waals surface area (Å²) in [5.41, 5.74) is 8.52. The van der Waals surface area contributed by atoms with Crippen molar-refractivity contribution in [3.8, 4) is 0 Å². The topological polar surface area (TPSA) is 24.1 Å². The van der Waals surface area contributed by atoms with E-state index in [-0.39, 0.29) is 0 Å². The summed E-state index contributed by atoms with van der Waals surface area (Å²) in [4.78, 5) is 0. The molecule has 2 N–H and O–H groups in total. The molecular weight excluding hydrogens is 208 g/mol. The summed E-state index contributed by atoms with van der Waals surface area (Å²) < 4.78 is 0. The van der Waals surface area contributed by atoms with Crippen LogP contribution in [-0.4, -0.2) is 0 Å². The van der Waals surface area contributed by atoms with E-state index in [1.165, 1.54) is 25.0 Å². The highest BCUT2D eigenvalue weighted by Gasteiger charge is 2.03. The largest absolute Gasteiger partial charge is 0.305 e. The normalized spacial score (nSPS) is 15.7. The SMILES string of the molecule is Clc1ccccc1NNC1=CCCCC1. The first-order valence-electron chi connectivity index (χ1n) is 5.32. The van der Waals surface area contributed by atoms with Crippen LogP contribution in [0.2, 0.25) is 5.02 Å². The van der Waals surface area contributed by atoms with E-state index in [9.17, 15) is 0 Å². The first-order valence-corrected chi connectivity index (χ1v) is 5.69. The Morgan fingerprint density at radius 3 is 2.67 bits per heavy atom. The Balaban J connectivity index is 1.93. The van der Waals surface area contributed by atoms with Crippen molar-refractivity contribution < 1.29 is 0 Å². The fraction of sp³-hybridized carbons (Fsp3) is 0.333. The maximum atomic E-state index is 6.02. The molecule has 3 heteroatoms. The third kappa shape index (κ3) is 2.90. The zero-order valence-electron chi connectivity index (χ0n) is 8.59. The second kappa shape index (κ2) is 5.08. The van der Waals surface area contributed by atoms with Gasteiger partial charge in [-0.1, -0.05) is 29.8 Å². The minimum absolute atomic E-state index is 0.737. The molecule has 0 aliphatic heterocycles. The van der Waals surface area contributed by atoms with Gasteiger partial charge in [-0.15, -0.1) is 0 Å². The zero-order chi connectivity index (χ0) is 10.5. The van der Waals surface area contributed by atoms with Crippen LogP contribution in [0.4, 0.5) is 5.69 Å². The maximum Gasteiger partial charge on any atom is 0.0725 e. The summed E-state index contributed by atoms with van der Waals surface area (Å²) in [7, 11) is 0. The molecular formula is C12H15ClN2. The van der Waals surface area contributed by atoms with Crippen LogP contribution in [0.3, 0.4) is 0 Å². The summed E-state index contributed by atoms with van der Waals surface area (Å²) in [5, 5.41) is 0.737. The van der Waals surface area contributed by atoms with Crippen molar-refractivity contribution in [2.24, 2.45) is 0 Å². The number of hydrazine groups is 1. The molecule has 1 aromatic rings. The number of halogens is 1. The molecule has 0 atom stereocenters. The van der Waals surface area contributed by atoms with Crippen LogP contribution in [0.5, 0.6) is 0 Å². The molecule has 80 valence electrons. The van der Waals surface area contributed by atoms with Gasteiger partial charge >= 0.3 is 0 Å². The monoisotopic (exact) mass is 222 g/mol. The van der Waals surface area contributed by atoms with Crippen molar-refractivity contribution in [1.29, 1.82) is 0 Å². The second-order valence-corrected chi connectivity index (χ2v) is 4.11. The molecule has 0 amide bonds. The lowest BCUT2D eigenvalue weighted by atomic mass is 10.1. The summed E-state index contributed by atoms with van der Waals surface area (Å²) >= 11 is 6.02. The lowest BCUT2D eigenvalue weighted by Crippen LogP contribution is -2.22. The van der Waals surface area contributed by atoms with Gasteiger partial charge in [-0.3, -0.25) is 5.43 Å². The molecule has 1 aliphatic rings. The van der Waals surface area contributed by atoms with Crippen LogP contribution >= 0.6 is 11.6 Å². The fourth-order valence-electron chi connectivity index (χ4n) is 1.66. The predicted molar refractivity (Wildman–Crippen MR) is 64.8 cm³/mol. The molecule has 0 saturated carbocycles. The van der Waals surface area contributed by atoms with Gasteiger partial charge < -0.3 is 5.43 Å². The van der Waals surface area contributed by atoms with E-state index >= 15 is 0 Å². The van der Waals surface area contributed by atoms with Gasteiger partial charge in [0.1, 0.15) is 0 Å². The number of rotatable bonds is 3. The molecule has 1 aromatic carbocycles. The first-order chi connectivity index (χ1) is 7.36. The number of hydrogen-bond donors (Lipinski definition) is 2. The van der Waals surface area contributed by atoms with Gasteiger partial charge in [0.15, 0.2) is 0 Å². The summed E-state index contributed by atoms with van der Waals surface area (Å²) in [5.74, 6) is 0. The van der Waals surface area contributed by atoms with E-state index in [1.807, 2.05) is 24.3 Å². The van der Waals surface area contributed by atoms with E-state index in [0.717, 1.165) is 17.1 Å². The van der Waals surface area contributed by atoms with Gasteiger partial charge in [-0.25, -0.2) is 0 Å². The summed E-state index contributed by atoms with van der Waals surface area (Å²) in [6.45, 7) is 0. The van der Waals surface area contributed by atoms with Crippen molar-refractivity contribution in [3.05, 3.63) is 41.1 Å². The van der Waals surface area contributed by atoms with Gasteiger partial charge in [0.05, 0.1) is 10.7 Å². The summed E-state index contributed by atoms with van der Waals surface area (Å²) in [6.07, 6.45) is 7.11. The quantitative estimate of drug-likeness (QED) is 0.762. The number of nitrogens with one attached hydrogen (secondary N) is 2. The van der Waals surface area contributed by atoms with Crippen molar-refractivity contribution in [2.45, 2.75) is 25.7 Å². The van der Waals surface area contributed by atoms with Gasteiger partial charge in [-0.05, 0) is 37.8 Å². The number of allylic oxidation sites excluding steroid dienone is 2. The smallest absolute Gasteiger partial charge is 0.0725 e. The average molecular weight is 223 g/mol. The Labute approximate surface area is 95.3 Å².